The van der Waals surface area contributed by atoms with Crippen molar-refractivity contribution in [3.8, 4) is 28.1 Å². The molecule has 0 spiro atoms. The lowest BCUT2D eigenvalue weighted by Crippen LogP contribution is -1.99. The number of imidazole rings is 1. The number of ether oxygens (including phenoxy) is 1. The topological polar surface area (TPSA) is 55.6 Å². The van der Waals surface area contributed by atoms with Gasteiger partial charge in [0, 0.05) is 17.3 Å². The summed E-state index contributed by atoms with van der Waals surface area (Å²) in [5.74, 6) is 0.266. The van der Waals surface area contributed by atoms with Gasteiger partial charge in [0.2, 0.25) is 6.41 Å². The molecule has 7 heteroatoms. The molecule has 4 rings (SSSR count). The van der Waals surface area contributed by atoms with E-state index in [0.29, 0.717) is 23.3 Å². The first-order valence-electron chi connectivity index (χ1n) is 8.42. The zero-order valence-electron chi connectivity index (χ0n) is 14.8. The standard InChI is InChI=1S/C21H15ClFN3O2/c1-28-16-5-2-13(3-6-16)15-9-19(25-12-27)21-24-10-20(26(21)11-15)14-4-7-18(23)17(22)8-14/h2-12H,1H3,(H,25,27). The SMILES string of the molecule is COc1ccc(-c2cc(NC=O)c3ncc(-c4ccc(F)c(Cl)c4)n3c2)cc1. The van der Waals surface area contributed by atoms with Crippen molar-refractivity contribution in [2.24, 2.45) is 0 Å². The van der Waals surface area contributed by atoms with Crippen LogP contribution in [0, 0.1) is 5.82 Å². The van der Waals surface area contributed by atoms with E-state index < -0.39 is 5.82 Å². The smallest absolute Gasteiger partial charge is 0.211 e. The molecule has 0 unspecified atom stereocenters. The summed E-state index contributed by atoms with van der Waals surface area (Å²) in [6.07, 6.45) is 4.18. The van der Waals surface area contributed by atoms with E-state index in [9.17, 15) is 9.18 Å². The molecule has 1 amide bonds. The molecule has 1 N–H and O–H groups in total. The van der Waals surface area contributed by atoms with Crippen molar-refractivity contribution in [3.63, 3.8) is 0 Å². The van der Waals surface area contributed by atoms with E-state index in [1.54, 1.807) is 25.4 Å². The number of carbonyl (C=O) groups is 1. The van der Waals surface area contributed by atoms with Crippen molar-refractivity contribution in [2.75, 3.05) is 12.4 Å². The predicted octanol–water partition coefficient (Wildman–Crippen LogP) is 5.04. The molecule has 2 aromatic carbocycles. The number of hydrogen-bond acceptors (Lipinski definition) is 3. The Bertz CT molecular complexity index is 1170. The fraction of sp³-hybridized carbons (Fsp3) is 0.0476. The van der Waals surface area contributed by atoms with E-state index >= 15 is 0 Å². The second kappa shape index (κ2) is 7.32. The lowest BCUT2D eigenvalue weighted by molar-refractivity contribution is -0.105. The summed E-state index contributed by atoms with van der Waals surface area (Å²) in [7, 11) is 1.61. The molecule has 140 valence electrons. The van der Waals surface area contributed by atoms with Crippen LogP contribution in [0.25, 0.3) is 28.0 Å². The molecular formula is C21H15ClFN3O2. The maximum absolute atomic E-state index is 13.6. The quantitative estimate of drug-likeness (QED) is 0.482. The summed E-state index contributed by atoms with van der Waals surface area (Å²) >= 11 is 5.94. The van der Waals surface area contributed by atoms with E-state index in [1.807, 2.05) is 40.9 Å². The number of methoxy groups -OCH3 is 1. The Morgan fingerprint density at radius 2 is 1.86 bits per heavy atom. The Morgan fingerprint density at radius 3 is 2.54 bits per heavy atom. The van der Waals surface area contributed by atoms with Crippen LogP contribution in [0.5, 0.6) is 5.75 Å². The van der Waals surface area contributed by atoms with Gasteiger partial charge in [-0.2, -0.15) is 0 Å². The van der Waals surface area contributed by atoms with Crippen LogP contribution < -0.4 is 10.1 Å². The highest BCUT2D eigenvalue weighted by Crippen LogP contribution is 2.32. The summed E-state index contributed by atoms with van der Waals surface area (Å²) in [4.78, 5) is 15.5. The summed E-state index contributed by atoms with van der Waals surface area (Å²) in [5, 5.41) is 2.73. The third kappa shape index (κ3) is 3.18. The number of aromatic nitrogens is 2. The molecule has 0 aliphatic rings. The molecule has 0 bridgehead atoms. The molecule has 0 aliphatic carbocycles. The average Bonchev–Trinajstić information content (AvgIpc) is 3.14. The van der Waals surface area contributed by atoms with Crippen LogP contribution in [0.2, 0.25) is 5.02 Å². The van der Waals surface area contributed by atoms with Gasteiger partial charge >= 0.3 is 0 Å². The van der Waals surface area contributed by atoms with Crippen molar-refractivity contribution in [1.29, 1.82) is 0 Å². The second-order valence-electron chi connectivity index (χ2n) is 6.10. The minimum atomic E-state index is -0.485. The largest absolute Gasteiger partial charge is 0.497 e. The molecule has 28 heavy (non-hydrogen) atoms. The second-order valence-corrected chi connectivity index (χ2v) is 6.51. The summed E-state index contributed by atoms with van der Waals surface area (Å²) in [5.41, 5.74) is 4.37. The highest BCUT2D eigenvalue weighted by atomic mass is 35.5. The number of anilines is 1. The summed E-state index contributed by atoms with van der Waals surface area (Å²) in [6.45, 7) is 0. The van der Waals surface area contributed by atoms with Crippen molar-refractivity contribution >= 4 is 29.3 Å². The fourth-order valence-electron chi connectivity index (χ4n) is 3.07. The van der Waals surface area contributed by atoms with E-state index in [2.05, 4.69) is 10.3 Å². The first-order chi connectivity index (χ1) is 13.6. The highest BCUT2D eigenvalue weighted by molar-refractivity contribution is 6.31. The predicted molar refractivity (Wildman–Crippen MR) is 107 cm³/mol. The molecule has 4 aromatic rings. The molecule has 0 atom stereocenters. The Balaban J connectivity index is 1.92. The number of hydrogen-bond donors (Lipinski definition) is 1. The lowest BCUT2D eigenvalue weighted by Gasteiger charge is -2.10. The fourth-order valence-corrected chi connectivity index (χ4v) is 3.25. The van der Waals surface area contributed by atoms with Gasteiger partial charge in [-0.1, -0.05) is 23.7 Å². The minimum Gasteiger partial charge on any atom is -0.497 e. The Hall–Kier alpha value is -3.38. The highest BCUT2D eigenvalue weighted by Gasteiger charge is 2.13. The molecule has 0 radical (unpaired) electrons. The van der Waals surface area contributed by atoms with Crippen LogP contribution >= 0.6 is 11.6 Å². The van der Waals surface area contributed by atoms with Crippen molar-refractivity contribution in [2.45, 2.75) is 0 Å². The van der Waals surface area contributed by atoms with Gasteiger partial charge in [-0.05, 0) is 42.0 Å². The van der Waals surface area contributed by atoms with E-state index in [1.165, 1.54) is 6.07 Å². The molecule has 0 saturated carbocycles. The third-order valence-electron chi connectivity index (χ3n) is 4.46. The number of halogens is 2. The molecule has 2 aromatic heterocycles. The van der Waals surface area contributed by atoms with Crippen LogP contribution in [0.3, 0.4) is 0 Å². The zero-order valence-corrected chi connectivity index (χ0v) is 15.6. The Labute approximate surface area is 165 Å². The Morgan fingerprint density at radius 1 is 1.11 bits per heavy atom. The monoisotopic (exact) mass is 395 g/mol. The van der Waals surface area contributed by atoms with Crippen molar-refractivity contribution in [1.82, 2.24) is 9.38 Å². The first-order valence-corrected chi connectivity index (χ1v) is 8.79. The number of nitrogens with one attached hydrogen (secondary N) is 1. The van der Waals surface area contributed by atoms with Crippen LogP contribution in [0.1, 0.15) is 0 Å². The number of carbonyl (C=O) groups excluding carboxylic acids is 1. The van der Waals surface area contributed by atoms with Crippen LogP contribution in [-0.4, -0.2) is 22.9 Å². The lowest BCUT2D eigenvalue weighted by atomic mass is 10.1. The molecule has 2 heterocycles. The van der Waals surface area contributed by atoms with Gasteiger partial charge in [0.25, 0.3) is 0 Å². The number of benzene rings is 2. The van der Waals surface area contributed by atoms with Crippen LogP contribution in [-0.2, 0) is 4.79 Å². The summed E-state index contributed by atoms with van der Waals surface area (Å²) in [6, 6.07) is 13.9. The van der Waals surface area contributed by atoms with E-state index in [-0.39, 0.29) is 5.02 Å². The molecule has 0 fully saturated rings. The van der Waals surface area contributed by atoms with E-state index in [4.69, 9.17) is 16.3 Å². The zero-order chi connectivity index (χ0) is 19.7. The summed E-state index contributed by atoms with van der Waals surface area (Å²) < 4.78 is 20.6. The maximum Gasteiger partial charge on any atom is 0.211 e. The van der Waals surface area contributed by atoms with Gasteiger partial charge in [0.15, 0.2) is 5.65 Å². The minimum absolute atomic E-state index is 0.0324. The van der Waals surface area contributed by atoms with Crippen LogP contribution in [0.15, 0.2) is 60.9 Å². The van der Waals surface area contributed by atoms with E-state index in [0.717, 1.165) is 22.6 Å². The average molecular weight is 396 g/mol. The molecule has 0 aliphatic heterocycles. The molecule has 5 nitrogen and oxygen atoms in total. The number of fused-ring (bicyclic) bond motifs is 1. The molecular weight excluding hydrogens is 381 g/mol. The van der Waals surface area contributed by atoms with Crippen molar-refractivity contribution in [3.05, 3.63) is 71.8 Å². The Kier molecular flexibility index (Phi) is 4.71. The van der Waals surface area contributed by atoms with Crippen LogP contribution in [0.4, 0.5) is 10.1 Å². The number of amides is 1. The third-order valence-corrected chi connectivity index (χ3v) is 4.75. The maximum atomic E-state index is 13.6. The normalized spacial score (nSPS) is 10.8. The molecule has 0 saturated heterocycles. The number of rotatable bonds is 5. The van der Waals surface area contributed by atoms with Gasteiger partial charge in [-0.15, -0.1) is 0 Å². The number of pyridine rings is 1. The van der Waals surface area contributed by atoms with Gasteiger partial charge in [-0.3, -0.25) is 9.20 Å². The van der Waals surface area contributed by atoms with Gasteiger partial charge < -0.3 is 10.1 Å². The van der Waals surface area contributed by atoms with Crippen molar-refractivity contribution < 1.29 is 13.9 Å². The first kappa shape index (κ1) is 18.0. The van der Waals surface area contributed by atoms with Gasteiger partial charge in [-0.25, -0.2) is 9.37 Å². The van der Waals surface area contributed by atoms with Gasteiger partial charge in [0.1, 0.15) is 11.6 Å². The number of nitrogens with zero attached hydrogens (tertiary/aromatic N) is 2. The van der Waals surface area contributed by atoms with Gasteiger partial charge in [0.05, 0.1) is 29.7 Å².